The number of benzene rings is 2. The Morgan fingerprint density at radius 1 is 1.09 bits per heavy atom. The van der Waals surface area contributed by atoms with Gasteiger partial charge in [-0.2, -0.15) is 4.31 Å². The third kappa shape index (κ3) is 3.93. The van der Waals surface area contributed by atoms with E-state index >= 15 is 0 Å². The van der Waals surface area contributed by atoms with Crippen LogP contribution in [0.1, 0.15) is 11.5 Å². The molecule has 2 fully saturated rings. The molecule has 1 N–H and O–H groups in total. The normalized spacial score (nSPS) is 17.3. The summed E-state index contributed by atoms with van der Waals surface area (Å²) in [7, 11) is -3.85. The molecule has 0 radical (unpaired) electrons. The van der Waals surface area contributed by atoms with Crippen molar-refractivity contribution in [1.82, 2.24) is 14.2 Å². The summed E-state index contributed by atoms with van der Waals surface area (Å²) in [5.41, 5.74) is 2.84. The highest BCUT2D eigenvalue weighted by atomic mass is 32.2. The molecule has 0 spiro atoms. The number of sulfonamides is 1. The van der Waals surface area contributed by atoms with Crippen LogP contribution in [0.15, 0.2) is 81.4 Å². The number of halogens is 1. The van der Waals surface area contributed by atoms with Gasteiger partial charge < -0.3 is 14.4 Å². The predicted molar refractivity (Wildman–Crippen MR) is 121 cm³/mol. The Bertz CT molecular complexity index is 1340. The number of carbonyl (C=O) groups excluding carboxylic acids is 1. The van der Waals surface area contributed by atoms with Gasteiger partial charge in [0.2, 0.25) is 21.8 Å². The summed E-state index contributed by atoms with van der Waals surface area (Å²) < 4.78 is 46.6. The lowest BCUT2D eigenvalue weighted by atomic mass is 9.92. The average Bonchev–Trinajstić information content (AvgIpc) is 3.30. The van der Waals surface area contributed by atoms with Gasteiger partial charge in [0.15, 0.2) is 0 Å². The van der Waals surface area contributed by atoms with Crippen molar-refractivity contribution in [2.24, 2.45) is 0 Å². The van der Waals surface area contributed by atoms with Gasteiger partial charge in [-0.25, -0.2) is 17.8 Å². The van der Waals surface area contributed by atoms with Crippen molar-refractivity contribution in [3.63, 3.8) is 0 Å². The molecule has 2 saturated heterocycles. The molecule has 3 aromatic rings. The summed E-state index contributed by atoms with van der Waals surface area (Å²) in [5, 5.41) is 9.71. The van der Waals surface area contributed by atoms with Gasteiger partial charge in [0, 0.05) is 26.2 Å². The summed E-state index contributed by atoms with van der Waals surface area (Å²) in [6, 6.07) is 12.8. The van der Waals surface area contributed by atoms with Gasteiger partial charge in [0.1, 0.15) is 12.1 Å². The van der Waals surface area contributed by atoms with Crippen LogP contribution in [0.25, 0.3) is 11.5 Å². The fourth-order valence-corrected chi connectivity index (χ4v) is 5.58. The lowest BCUT2D eigenvalue weighted by Gasteiger charge is -2.42. The second-order valence-corrected chi connectivity index (χ2v) is 10.2. The molecule has 2 aromatic carbocycles. The van der Waals surface area contributed by atoms with E-state index in [4.69, 9.17) is 4.42 Å². The van der Waals surface area contributed by atoms with Crippen LogP contribution in [0.2, 0.25) is 0 Å². The highest BCUT2D eigenvalue weighted by Crippen LogP contribution is 2.33. The van der Waals surface area contributed by atoms with Crippen LogP contribution in [0, 0.1) is 5.82 Å². The molecule has 3 heterocycles. The van der Waals surface area contributed by atoms with Crippen molar-refractivity contribution in [2.45, 2.75) is 10.8 Å². The van der Waals surface area contributed by atoms with Gasteiger partial charge in [-0.05, 0) is 34.9 Å². The molecule has 2 aliphatic heterocycles. The van der Waals surface area contributed by atoms with Crippen LogP contribution in [0.5, 0.6) is 0 Å². The molecule has 1 atom stereocenters. The van der Waals surface area contributed by atoms with Gasteiger partial charge in [0.25, 0.3) is 0 Å². The maximum absolute atomic E-state index is 14.5. The minimum atomic E-state index is -3.85. The number of aromatic nitrogens is 1. The molecule has 0 aliphatic carbocycles. The summed E-state index contributed by atoms with van der Waals surface area (Å²) in [6.07, 6.45) is 2.70. The van der Waals surface area contributed by atoms with Gasteiger partial charge in [-0.3, -0.25) is 4.79 Å². The molecule has 0 unspecified atom stereocenters. The van der Waals surface area contributed by atoms with Crippen LogP contribution >= 0.6 is 0 Å². The van der Waals surface area contributed by atoms with Crippen LogP contribution in [-0.2, 0) is 14.8 Å². The molecule has 1 aromatic heterocycles. The average molecular weight is 484 g/mol. The number of amides is 1. The van der Waals surface area contributed by atoms with Crippen molar-refractivity contribution < 1.29 is 27.1 Å². The molecule has 8 nitrogen and oxygen atoms in total. The quantitative estimate of drug-likeness (QED) is 0.540. The largest absolute Gasteiger partial charge is 0.444 e. The smallest absolute Gasteiger partial charge is 0.243 e. The first-order valence-electron chi connectivity index (χ1n) is 10.7. The Morgan fingerprint density at radius 2 is 1.79 bits per heavy atom. The lowest BCUT2D eigenvalue weighted by molar-refractivity contribution is -0.135. The van der Waals surface area contributed by atoms with Crippen molar-refractivity contribution in [3.05, 3.63) is 83.5 Å². The topological polar surface area (TPSA) is 104 Å². The molecule has 5 rings (SSSR count). The van der Waals surface area contributed by atoms with Crippen molar-refractivity contribution in [1.29, 1.82) is 0 Å². The summed E-state index contributed by atoms with van der Waals surface area (Å²) in [6.45, 7) is 0.994. The number of hydrogen-bond acceptors (Lipinski definition) is 6. The van der Waals surface area contributed by atoms with E-state index in [9.17, 15) is 22.7 Å². The number of rotatable bonds is 6. The molecular weight excluding hydrogens is 461 g/mol. The number of carbonyl (C=O) groups is 1. The summed E-state index contributed by atoms with van der Waals surface area (Å²) in [5.74, 6) is -1.41. The van der Waals surface area contributed by atoms with E-state index in [1.165, 1.54) is 28.9 Å². The van der Waals surface area contributed by atoms with Crippen molar-refractivity contribution in [3.8, 4) is 11.5 Å². The number of aliphatic hydroxyl groups excluding tert-OH is 1. The SMILES string of the molecule is O=C([C@H](CO)c1ccccc1)N1CC(=C2CN(S(=O)(=O)c3ccc(-c4ncco4)c(F)c3)C2)C1. The zero-order chi connectivity index (χ0) is 23.9. The Hall–Kier alpha value is -3.34. The standard InChI is InChI=1S/C24H22FN3O5S/c25-22-10-19(6-7-20(22)23-26-8-9-33-23)34(31,32)28-13-18(14-28)17-11-27(12-17)24(30)21(15-29)16-4-2-1-3-5-16/h1-10,21,29H,11-15H2/t21-/m1/s1. The van der Waals surface area contributed by atoms with Crippen LogP contribution in [0.3, 0.4) is 0 Å². The molecule has 34 heavy (non-hydrogen) atoms. The second-order valence-electron chi connectivity index (χ2n) is 8.30. The van der Waals surface area contributed by atoms with Gasteiger partial charge in [0.05, 0.1) is 29.2 Å². The molecule has 2 aliphatic rings. The molecule has 176 valence electrons. The van der Waals surface area contributed by atoms with E-state index in [0.717, 1.165) is 22.8 Å². The van der Waals surface area contributed by atoms with Crippen molar-refractivity contribution in [2.75, 3.05) is 32.8 Å². The first-order valence-corrected chi connectivity index (χ1v) is 12.2. The zero-order valence-electron chi connectivity index (χ0n) is 18.1. The van der Waals surface area contributed by atoms with E-state index in [1.54, 1.807) is 4.90 Å². The Kier molecular flexibility index (Phi) is 5.80. The number of aliphatic hydroxyl groups is 1. The summed E-state index contributed by atoms with van der Waals surface area (Å²) >= 11 is 0. The minimum absolute atomic E-state index is 0.0807. The second kappa shape index (κ2) is 8.79. The van der Waals surface area contributed by atoms with E-state index in [-0.39, 0.29) is 42.0 Å². The Labute approximate surface area is 196 Å². The fraction of sp³-hybridized carbons (Fsp3) is 0.250. The van der Waals surface area contributed by atoms with Crippen LogP contribution in [-0.4, -0.2) is 66.4 Å². The van der Waals surface area contributed by atoms with E-state index < -0.39 is 21.8 Å². The van der Waals surface area contributed by atoms with Crippen molar-refractivity contribution >= 4 is 15.9 Å². The number of nitrogens with zero attached hydrogens (tertiary/aromatic N) is 3. The fourth-order valence-electron chi connectivity index (χ4n) is 4.13. The van der Waals surface area contributed by atoms with E-state index in [0.29, 0.717) is 13.1 Å². The lowest BCUT2D eigenvalue weighted by Crippen LogP contribution is -2.52. The number of likely N-dealkylation sites (tertiary alicyclic amines) is 1. The Morgan fingerprint density at radius 3 is 2.41 bits per heavy atom. The minimum Gasteiger partial charge on any atom is -0.444 e. The summed E-state index contributed by atoms with van der Waals surface area (Å²) in [4.78, 5) is 18.2. The van der Waals surface area contributed by atoms with E-state index in [1.807, 2.05) is 30.3 Å². The maximum Gasteiger partial charge on any atom is 0.243 e. The van der Waals surface area contributed by atoms with Gasteiger partial charge in [-0.15, -0.1) is 0 Å². The third-order valence-corrected chi connectivity index (χ3v) is 8.02. The molecule has 1 amide bonds. The Balaban J connectivity index is 1.22. The first kappa shape index (κ1) is 22.5. The van der Waals surface area contributed by atoms with Gasteiger partial charge >= 0.3 is 0 Å². The first-order chi connectivity index (χ1) is 16.4. The highest BCUT2D eigenvalue weighted by Gasteiger charge is 2.39. The molecular formula is C24H22FN3O5S. The molecule has 10 heteroatoms. The number of hydrogen-bond donors (Lipinski definition) is 1. The van der Waals surface area contributed by atoms with E-state index in [2.05, 4.69) is 4.98 Å². The molecule has 0 bridgehead atoms. The predicted octanol–water partition coefficient (Wildman–Crippen LogP) is 2.40. The number of oxazole rings is 1. The molecule has 0 saturated carbocycles. The monoisotopic (exact) mass is 483 g/mol. The maximum atomic E-state index is 14.5. The third-order valence-electron chi connectivity index (χ3n) is 6.23. The van der Waals surface area contributed by atoms with Crippen LogP contribution in [0.4, 0.5) is 4.39 Å². The highest BCUT2D eigenvalue weighted by molar-refractivity contribution is 7.89. The zero-order valence-corrected chi connectivity index (χ0v) is 18.9. The van der Waals surface area contributed by atoms with Gasteiger partial charge in [-0.1, -0.05) is 30.3 Å². The van der Waals surface area contributed by atoms with Crippen LogP contribution < -0.4 is 0 Å².